The van der Waals surface area contributed by atoms with Crippen LogP contribution in [0.5, 0.6) is 0 Å². The Bertz CT molecular complexity index is 1830. The number of alkyl halides is 3. The number of amides is 2. The summed E-state index contributed by atoms with van der Waals surface area (Å²) in [5.41, 5.74) is 0.473. The number of halogens is 5. The average Bonchev–Trinajstić information content (AvgIpc) is 3.05. The molecule has 0 saturated heterocycles. The molecule has 13 heteroatoms. The molecule has 2 amide bonds. The number of nitrogens with one attached hydrogen (secondary N) is 1. The molecule has 0 aliphatic carbocycles. The molecule has 0 bridgehead atoms. The molecule has 0 heterocycles. The van der Waals surface area contributed by atoms with Gasteiger partial charge in [-0.05, 0) is 66.9 Å². The van der Waals surface area contributed by atoms with Crippen LogP contribution >= 0.6 is 27.5 Å². The maximum atomic E-state index is 14.5. The minimum Gasteiger partial charge on any atom is -0.354 e. The zero-order valence-electron chi connectivity index (χ0n) is 26.2. The molecule has 1 N–H and O–H groups in total. The number of anilines is 1. The number of sulfonamides is 1. The fourth-order valence-electron chi connectivity index (χ4n) is 4.96. The Hall–Kier alpha value is -3.87. The van der Waals surface area contributed by atoms with Gasteiger partial charge in [0.25, 0.3) is 10.0 Å². The highest BCUT2D eigenvalue weighted by molar-refractivity contribution is 9.10. The van der Waals surface area contributed by atoms with Gasteiger partial charge in [0.15, 0.2) is 0 Å². The zero-order valence-corrected chi connectivity index (χ0v) is 29.3. The SMILES string of the molecule is CCCNC(=O)C(Cc1ccccc1)N(Cc1ccc(Br)cc1)C(=O)CN(c1ccc(Cl)c(C(F)(F)F)c1)S(=O)(=O)c1ccc(C)cc1. The zero-order chi connectivity index (χ0) is 35.1. The van der Waals surface area contributed by atoms with Crippen molar-refractivity contribution in [2.75, 3.05) is 17.4 Å². The van der Waals surface area contributed by atoms with Crippen molar-refractivity contribution in [3.05, 3.63) is 129 Å². The smallest absolute Gasteiger partial charge is 0.354 e. The second-order valence-electron chi connectivity index (χ2n) is 11.1. The second-order valence-corrected chi connectivity index (χ2v) is 14.3. The van der Waals surface area contributed by atoms with Gasteiger partial charge in [0.05, 0.1) is 21.2 Å². The highest BCUT2D eigenvalue weighted by atomic mass is 79.9. The summed E-state index contributed by atoms with van der Waals surface area (Å²) < 4.78 is 71.5. The van der Waals surface area contributed by atoms with Crippen LogP contribution in [0.2, 0.25) is 5.02 Å². The normalized spacial score (nSPS) is 12.3. The molecule has 7 nitrogen and oxygen atoms in total. The van der Waals surface area contributed by atoms with Gasteiger partial charge >= 0.3 is 6.18 Å². The first-order valence-electron chi connectivity index (χ1n) is 15.0. The average molecular weight is 765 g/mol. The summed E-state index contributed by atoms with van der Waals surface area (Å²) in [6.45, 7) is 2.98. The fraction of sp³-hybridized carbons (Fsp3) is 0.257. The van der Waals surface area contributed by atoms with Gasteiger partial charge in [0.2, 0.25) is 11.8 Å². The highest BCUT2D eigenvalue weighted by Crippen LogP contribution is 2.38. The van der Waals surface area contributed by atoms with Crippen molar-refractivity contribution in [1.82, 2.24) is 10.2 Å². The lowest BCUT2D eigenvalue weighted by atomic mass is 10.0. The van der Waals surface area contributed by atoms with E-state index in [0.717, 1.165) is 27.7 Å². The van der Waals surface area contributed by atoms with Crippen LogP contribution in [0.1, 0.15) is 35.6 Å². The van der Waals surface area contributed by atoms with Crippen LogP contribution < -0.4 is 9.62 Å². The summed E-state index contributed by atoms with van der Waals surface area (Å²) in [6, 6.07) is 23.4. The standard InChI is InChI=1S/C35H34BrClF3N3O4S/c1-3-19-41-34(45)32(20-25-7-5-4-6-8-25)42(22-26-11-13-27(36)14-12-26)33(44)23-43(48(46,47)29-16-9-24(2)10-17-29)28-15-18-31(37)30(21-28)35(38,39)40/h4-18,21,32H,3,19-20,22-23H2,1-2H3,(H,41,45). The van der Waals surface area contributed by atoms with E-state index in [2.05, 4.69) is 21.2 Å². The molecule has 4 rings (SSSR count). The minimum atomic E-state index is -4.90. The van der Waals surface area contributed by atoms with E-state index in [1.807, 2.05) is 25.1 Å². The van der Waals surface area contributed by atoms with Crippen molar-refractivity contribution in [3.8, 4) is 0 Å². The maximum Gasteiger partial charge on any atom is 0.417 e. The minimum absolute atomic E-state index is 0.0873. The molecule has 1 atom stereocenters. The van der Waals surface area contributed by atoms with Crippen LogP contribution in [0.4, 0.5) is 18.9 Å². The van der Waals surface area contributed by atoms with Crippen LogP contribution in [-0.2, 0) is 38.8 Å². The van der Waals surface area contributed by atoms with Gasteiger partial charge in [-0.1, -0.05) is 94.6 Å². The Morgan fingerprint density at radius 1 is 0.917 bits per heavy atom. The molecule has 0 saturated carbocycles. The molecule has 1 unspecified atom stereocenters. The van der Waals surface area contributed by atoms with Crippen molar-refractivity contribution in [1.29, 1.82) is 0 Å². The van der Waals surface area contributed by atoms with Crippen LogP contribution in [0.25, 0.3) is 0 Å². The van der Waals surface area contributed by atoms with Gasteiger partial charge in [0.1, 0.15) is 12.6 Å². The first kappa shape index (κ1) is 37.0. The summed E-state index contributed by atoms with van der Waals surface area (Å²) in [4.78, 5) is 29.2. The van der Waals surface area contributed by atoms with Crippen molar-refractivity contribution < 1.29 is 31.2 Å². The summed E-state index contributed by atoms with van der Waals surface area (Å²) >= 11 is 9.27. The third-order valence-corrected chi connectivity index (χ3v) is 10.2. The molecule has 254 valence electrons. The summed E-state index contributed by atoms with van der Waals surface area (Å²) in [6.07, 6.45) is -4.17. The Kier molecular flexibility index (Phi) is 12.3. The van der Waals surface area contributed by atoms with E-state index in [0.29, 0.717) is 28.9 Å². The van der Waals surface area contributed by atoms with E-state index in [1.165, 1.54) is 17.0 Å². The lowest BCUT2D eigenvalue weighted by Crippen LogP contribution is -2.53. The number of aryl methyl sites for hydroxylation is 1. The number of carbonyl (C=O) groups excluding carboxylic acids is 2. The first-order chi connectivity index (χ1) is 22.7. The number of hydrogen-bond acceptors (Lipinski definition) is 4. The fourth-order valence-corrected chi connectivity index (χ4v) is 6.85. The van der Waals surface area contributed by atoms with Gasteiger partial charge in [-0.25, -0.2) is 8.42 Å². The van der Waals surface area contributed by atoms with Crippen molar-refractivity contribution >= 4 is 55.1 Å². The van der Waals surface area contributed by atoms with Crippen molar-refractivity contribution in [2.45, 2.75) is 50.3 Å². The van der Waals surface area contributed by atoms with Gasteiger partial charge < -0.3 is 10.2 Å². The Balaban J connectivity index is 1.85. The third kappa shape index (κ3) is 9.39. The van der Waals surface area contributed by atoms with E-state index in [-0.39, 0.29) is 17.9 Å². The maximum absolute atomic E-state index is 14.5. The third-order valence-electron chi connectivity index (χ3n) is 7.52. The van der Waals surface area contributed by atoms with Gasteiger partial charge in [-0.3, -0.25) is 13.9 Å². The van der Waals surface area contributed by atoms with Gasteiger partial charge in [-0.2, -0.15) is 13.2 Å². The summed E-state index contributed by atoms with van der Waals surface area (Å²) in [5, 5.41) is 2.22. The molecular formula is C35H34BrClF3N3O4S. The molecular weight excluding hydrogens is 731 g/mol. The number of rotatable bonds is 13. The molecule has 0 aliphatic rings. The lowest BCUT2D eigenvalue weighted by Gasteiger charge is -2.34. The topological polar surface area (TPSA) is 86.8 Å². The Morgan fingerprint density at radius 2 is 1.56 bits per heavy atom. The van der Waals surface area contributed by atoms with Gasteiger partial charge in [-0.15, -0.1) is 0 Å². The molecule has 0 aromatic heterocycles. The predicted molar refractivity (Wildman–Crippen MR) is 184 cm³/mol. The number of nitrogens with zero attached hydrogens (tertiary/aromatic N) is 2. The molecule has 4 aromatic rings. The van der Waals surface area contributed by atoms with Crippen molar-refractivity contribution in [2.24, 2.45) is 0 Å². The molecule has 0 fully saturated rings. The number of hydrogen-bond donors (Lipinski definition) is 1. The van der Waals surface area contributed by atoms with E-state index in [1.54, 1.807) is 55.5 Å². The highest BCUT2D eigenvalue weighted by Gasteiger charge is 2.37. The predicted octanol–water partition coefficient (Wildman–Crippen LogP) is 7.79. The molecule has 0 aliphatic heterocycles. The largest absolute Gasteiger partial charge is 0.417 e. The monoisotopic (exact) mass is 763 g/mol. The molecule has 0 radical (unpaired) electrons. The Morgan fingerprint density at radius 3 is 2.17 bits per heavy atom. The van der Waals surface area contributed by atoms with Crippen LogP contribution in [0, 0.1) is 6.92 Å². The van der Waals surface area contributed by atoms with E-state index in [4.69, 9.17) is 11.6 Å². The number of benzene rings is 4. The lowest BCUT2D eigenvalue weighted by molar-refractivity contribution is -0.140. The molecule has 0 spiro atoms. The van der Waals surface area contributed by atoms with Crippen molar-refractivity contribution in [3.63, 3.8) is 0 Å². The first-order valence-corrected chi connectivity index (χ1v) is 17.6. The molecule has 48 heavy (non-hydrogen) atoms. The van der Waals surface area contributed by atoms with E-state index < -0.39 is 56.9 Å². The van der Waals surface area contributed by atoms with E-state index in [9.17, 15) is 31.2 Å². The summed E-state index contributed by atoms with van der Waals surface area (Å²) in [5.74, 6) is -1.25. The number of carbonyl (C=O) groups is 2. The molecule has 4 aromatic carbocycles. The van der Waals surface area contributed by atoms with Crippen LogP contribution in [-0.4, -0.2) is 44.3 Å². The second kappa shape index (κ2) is 16.0. The Labute approximate surface area is 291 Å². The van der Waals surface area contributed by atoms with Crippen LogP contribution in [0.3, 0.4) is 0 Å². The van der Waals surface area contributed by atoms with Gasteiger partial charge in [0, 0.05) is 24.0 Å². The quantitative estimate of drug-likeness (QED) is 0.151. The van der Waals surface area contributed by atoms with E-state index >= 15 is 0 Å². The summed E-state index contributed by atoms with van der Waals surface area (Å²) in [7, 11) is -4.60. The van der Waals surface area contributed by atoms with Crippen LogP contribution in [0.15, 0.2) is 106 Å².